The number of anilines is 1. The molecule has 0 saturated carbocycles. The molecule has 0 bridgehead atoms. The first-order valence-electron chi connectivity index (χ1n) is 12.7. The van der Waals surface area contributed by atoms with Crippen LogP contribution in [0.3, 0.4) is 0 Å². The van der Waals surface area contributed by atoms with Crippen molar-refractivity contribution in [2.45, 2.75) is 12.8 Å². The molecule has 3 aromatic rings. The van der Waals surface area contributed by atoms with E-state index in [9.17, 15) is 9.59 Å². The van der Waals surface area contributed by atoms with Crippen molar-refractivity contribution in [1.82, 2.24) is 9.80 Å². The number of hydrogen-bond acceptors (Lipinski definition) is 4. The lowest BCUT2D eigenvalue weighted by atomic mass is 9.87. The molecule has 192 valence electrons. The molecule has 37 heavy (non-hydrogen) atoms. The lowest BCUT2D eigenvalue weighted by molar-refractivity contribution is -0.135. The van der Waals surface area contributed by atoms with Gasteiger partial charge in [-0.25, -0.2) is 0 Å². The van der Waals surface area contributed by atoms with Gasteiger partial charge in [-0.1, -0.05) is 48.0 Å². The molecular weight excluding hydrogens is 486 g/mol. The lowest BCUT2D eigenvalue weighted by Gasteiger charge is -2.38. The van der Waals surface area contributed by atoms with Gasteiger partial charge in [-0.3, -0.25) is 9.59 Å². The molecule has 7 heteroatoms. The fourth-order valence-electron chi connectivity index (χ4n) is 5.53. The summed E-state index contributed by atoms with van der Waals surface area (Å²) in [5.74, 6) is 0.397. The molecule has 2 saturated heterocycles. The van der Waals surface area contributed by atoms with E-state index < -0.39 is 0 Å². The second-order valence-electron chi connectivity index (χ2n) is 9.81. The van der Waals surface area contributed by atoms with Gasteiger partial charge in [-0.05, 0) is 54.4 Å². The third-order valence-corrected chi connectivity index (χ3v) is 7.82. The summed E-state index contributed by atoms with van der Waals surface area (Å²) in [5, 5.41) is 0.524. The summed E-state index contributed by atoms with van der Waals surface area (Å²) >= 11 is 6.15. The Balaban J connectivity index is 1.35. The van der Waals surface area contributed by atoms with E-state index in [1.165, 1.54) is 11.3 Å². The molecule has 3 aromatic carbocycles. The maximum Gasteiger partial charge on any atom is 0.253 e. The average Bonchev–Trinajstić information content (AvgIpc) is 3.38. The molecule has 5 rings (SSSR count). The summed E-state index contributed by atoms with van der Waals surface area (Å²) in [5.41, 5.74) is 4.05. The molecule has 2 atom stereocenters. The van der Waals surface area contributed by atoms with Crippen molar-refractivity contribution in [3.05, 3.63) is 94.5 Å². The first kappa shape index (κ1) is 25.2. The Bertz CT molecular complexity index is 1270. The molecule has 2 heterocycles. The number of methoxy groups -OCH3 is 1. The largest absolute Gasteiger partial charge is 0.497 e. The Hall–Kier alpha value is -3.51. The molecule has 0 aliphatic carbocycles. The molecule has 6 nitrogen and oxygen atoms in total. The standard InChI is InChI=1S/C30H32ClN3O3/c1-21-6-3-4-9-28(21)32-14-16-33(17-15-32)30(36)27-20-34(29(35)23-7-5-8-24(31)18-23)19-26(27)22-10-12-25(37-2)13-11-22/h3-13,18,26-27H,14-17,19-20H2,1-2H3/t26-,27-/m1/s1. The van der Waals surface area contributed by atoms with Crippen molar-refractivity contribution in [2.24, 2.45) is 5.92 Å². The SMILES string of the molecule is COc1ccc([C@H]2CN(C(=O)c3cccc(Cl)c3)C[C@H]2C(=O)N2CCN(c3ccccc3C)CC2)cc1. The number of para-hydroxylation sites is 1. The van der Waals surface area contributed by atoms with Gasteiger partial charge in [0.05, 0.1) is 13.0 Å². The minimum absolute atomic E-state index is 0.0871. The van der Waals surface area contributed by atoms with Gasteiger partial charge in [0.15, 0.2) is 0 Å². The number of carbonyl (C=O) groups is 2. The van der Waals surface area contributed by atoms with Crippen LogP contribution in [0.1, 0.15) is 27.4 Å². The van der Waals surface area contributed by atoms with Crippen LogP contribution in [0.5, 0.6) is 5.75 Å². The molecular formula is C30H32ClN3O3. The molecule has 2 aliphatic rings. The number of likely N-dealkylation sites (tertiary alicyclic amines) is 1. The quantitative estimate of drug-likeness (QED) is 0.485. The van der Waals surface area contributed by atoms with Gasteiger partial charge in [0.1, 0.15) is 5.75 Å². The summed E-state index contributed by atoms with van der Waals surface area (Å²) in [6, 6.07) is 23.2. The summed E-state index contributed by atoms with van der Waals surface area (Å²) < 4.78 is 5.33. The number of benzene rings is 3. The number of nitrogens with zero attached hydrogens (tertiary/aromatic N) is 3. The normalized spacial score (nSPS) is 19.7. The topological polar surface area (TPSA) is 53.1 Å². The zero-order valence-electron chi connectivity index (χ0n) is 21.3. The Kier molecular flexibility index (Phi) is 7.38. The van der Waals surface area contributed by atoms with Crippen LogP contribution in [0.25, 0.3) is 0 Å². The highest BCUT2D eigenvalue weighted by Crippen LogP contribution is 2.36. The van der Waals surface area contributed by atoms with E-state index in [-0.39, 0.29) is 23.7 Å². The van der Waals surface area contributed by atoms with E-state index >= 15 is 0 Å². The second-order valence-corrected chi connectivity index (χ2v) is 10.2. The summed E-state index contributed by atoms with van der Waals surface area (Å²) in [7, 11) is 1.64. The summed E-state index contributed by atoms with van der Waals surface area (Å²) in [6.45, 7) is 5.92. The van der Waals surface area contributed by atoms with E-state index in [0.717, 1.165) is 24.4 Å². The summed E-state index contributed by atoms with van der Waals surface area (Å²) in [6.07, 6.45) is 0. The number of halogens is 1. The van der Waals surface area contributed by atoms with Gasteiger partial charge < -0.3 is 19.4 Å². The number of ether oxygens (including phenoxy) is 1. The van der Waals surface area contributed by atoms with Gasteiger partial charge in [-0.2, -0.15) is 0 Å². The Morgan fingerprint density at radius 3 is 2.27 bits per heavy atom. The van der Waals surface area contributed by atoms with Crippen LogP contribution in [-0.2, 0) is 4.79 Å². The highest BCUT2D eigenvalue weighted by molar-refractivity contribution is 6.31. The predicted molar refractivity (Wildman–Crippen MR) is 147 cm³/mol. The van der Waals surface area contributed by atoms with Gasteiger partial charge in [0, 0.05) is 61.5 Å². The Morgan fingerprint density at radius 1 is 0.865 bits per heavy atom. The Morgan fingerprint density at radius 2 is 1.59 bits per heavy atom. The molecule has 0 radical (unpaired) electrons. The maximum absolute atomic E-state index is 13.9. The number of piperazine rings is 1. The molecule has 0 unspecified atom stereocenters. The van der Waals surface area contributed by atoms with Crippen molar-refractivity contribution in [3.8, 4) is 5.75 Å². The minimum atomic E-state index is -0.304. The third-order valence-electron chi connectivity index (χ3n) is 7.59. The molecule has 0 spiro atoms. The zero-order chi connectivity index (χ0) is 25.9. The average molecular weight is 518 g/mol. The van der Waals surface area contributed by atoms with Gasteiger partial charge in [0.25, 0.3) is 5.91 Å². The van der Waals surface area contributed by atoms with Crippen molar-refractivity contribution < 1.29 is 14.3 Å². The third kappa shape index (κ3) is 5.30. The fourth-order valence-corrected chi connectivity index (χ4v) is 5.72. The van der Waals surface area contributed by atoms with E-state index in [4.69, 9.17) is 16.3 Å². The first-order chi connectivity index (χ1) is 17.9. The molecule has 2 amide bonds. The highest BCUT2D eigenvalue weighted by atomic mass is 35.5. The van der Waals surface area contributed by atoms with Gasteiger partial charge in [0.2, 0.25) is 5.91 Å². The number of aryl methyl sites for hydroxylation is 1. The monoisotopic (exact) mass is 517 g/mol. The smallest absolute Gasteiger partial charge is 0.253 e. The van der Waals surface area contributed by atoms with Crippen LogP contribution in [0.15, 0.2) is 72.8 Å². The highest BCUT2D eigenvalue weighted by Gasteiger charge is 2.42. The van der Waals surface area contributed by atoms with Crippen molar-refractivity contribution in [3.63, 3.8) is 0 Å². The number of hydrogen-bond donors (Lipinski definition) is 0. The number of rotatable bonds is 5. The van der Waals surface area contributed by atoms with E-state index in [1.54, 1.807) is 36.3 Å². The lowest BCUT2D eigenvalue weighted by Crippen LogP contribution is -2.51. The van der Waals surface area contributed by atoms with Crippen LogP contribution in [0, 0.1) is 12.8 Å². The van der Waals surface area contributed by atoms with Crippen molar-refractivity contribution >= 4 is 29.1 Å². The van der Waals surface area contributed by atoms with Crippen LogP contribution < -0.4 is 9.64 Å². The molecule has 2 aliphatic heterocycles. The minimum Gasteiger partial charge on any atom is -0.497 e. The van der Waals surface area contributed by atoms with E-state index in [0.29, 0.717) is 36.8 Å². The van der Waals surface area contributed by atoms with Crippen LogP contribution in [0.2, 0.25) is 5.02 Å². The van der Waals surface area contributed by atoms with Crippen molar-refractivity contribution in [1.29, 1.82) is 0 Å². The molecule has 0 N–H and O–H groups in total. The number of amides is 2. The van der Waals surface area contributed by atoms with Crippen LogP contribution in [-0.4, -0.2) is 68.0 Å². The van der Waals surface area contributed by atoms with Crippen LogP contribution >= 0.6 is 11.6 Å². The molecule has 0 aromatic heterocycles. The van der Waals surface area contributed by atoms with Crippen molar-refractivity contribution in [2.75, 3.05) is 51.3 Å². The predicted octanol–water partition coefficient (Wildman–Crippen LogP) is 4.86. The van der Waals surface area contributed by atoms with Crippen LogP contribution in [0.4, 0.5) is 5.69 Å². The second kappa shape index (κ2) is 10.9. The summed E-state index contributed by atoms with van der Waals surface area (Å²) in [4.78, 5) is 33.4. The fraction of sp³-hybridized carbons (Fsp3) is 0.333. The maximum atomic E-state index is 13.9. The van der Waals surface area contributed by atoms with Gasteiger partial charge >= 0.3 is 0 Å². The van der Waals surface area contributed by atoms with Gasteiger partial charge in [-0.15, -0.1) is 0 Å². The number of carbonyl (C=O) groups excluding carboxylic acids is 2. The first-order valence-corrected chi connectivity index (χ1v) is 13.1. The zero-order valence-corrected chi connectivity index (χ0v) is 22.0. The molecule has 2 fully saturated rings. The van der Waals surface area contributed by atoms with E-state index in [1.807, 2.05) is 29.2 Å². The van der Waals surface area contributed by atoms with E-state index in [2.05, 4.69) is 36.1 Å². The Labute approximate surface area is 223 Å².